The van der Waals surface area contributed by atoms with Gasteiger partial charge in [-0.15, -0.1) is 0 Å². The number of hydrogen-bond donors (Lipinski definition) is 2. The molecule has 1 aliphatic rings. The number of amides is 1. The summed E-state index contributed by atoms with van der Waals surface area (Å²) >= 11 is 1.87. The number of nitrogens with one attached hydrogen (secondary N) is 1. The molecule has 1 amide bonds. The zero-order chi connectivity index (χ0) is 9.73. The highest BCUT2D eigenvalue weighted by Crippen LogP contribution is 2.42. The third-order valence-corrected chi connectivity index (χ3v) is 4.10. The van der Waals surface area contributed by atoms with E-state index in [0.29, 0.717) is 17.7 Å². The van der Waals surface area contributed by atoms with Crippen LogP contribution in [0.3, 0.4) is 0 Å². The Balaban J connectivity index is 2.20. The molecule has 1 fully saturated rings. The van der Waals surface area contributed by atoms with Gasteiger partial charge in [0.1, 0.15) is 0 Å². The lowest BCUT2D eigenvalue weighted by atomic mass is 9.84. The molecule has 0 radical (unpaired) electrons. The summed E-state index contributed by atoms with van der Waals surface area (Å²) in [5.41, 5.74) is 5.28. The fraction of sp³-hybridized carbons (Fsp3) is 0.889. The van der Waals surface area contributed by atoms with Crippen molar-refractivity contribution in [3.63, 3.8) is 0 Å². The van der Waals surface area contributed by atoms with Crippen LogP contribution in [0.4, 0.5) is 0 Å². The van der Waals surface area contributed by atoms with Crippen LogP contribution in [0.15, 0.2) is 0 Å². The van der Waals surface area contributed by atoms with E-state index in [2.05, 4.69) is 11.6 Å². The van der Waals surface area contributed by atoms with E-state index in [1.165, 1.54) is 19.3 Å². The standard InChI is InChI=1S/C9H18N2OS/c1-13-9(4-2-5-9)7-11-8(12)3-6-10/h2-7,10H2,1H3,(H,11,12). The third-order valence-electron chi connectivity index (χ3n) is 2.68. The van der Waals surface area contributed by atoms with E-state index in [1.807, 2.05) is 11.8 Å². The van der Waals surface area contributed by atoms with Crippen molar-refractivity contribution < 1.29 is 4.79 Å². The predicted molar refractivity (Wildman–Crippen MR) is 56.8 cm³/mol. The lowest BCUT2D eigenvalue weighted by Crippen LogP contribution is -2.45. The fourth-order valence-corrected chi connectivity index (χ4v) is 2.42. The van der Waals surface area contributed by atoms with E-state index in [9.17, 15) is 4.79 Å². The average Bonchev–Trinajstić information content (AvgIpc) is 2.04. The highest BCUT2D eigenvalue weighted by atomic mass is 32.2. The zero-order valence-corrected chi connectivity index (χ0v) is 8.95. The first-order chi connectivity index (χ1) is 6.22. The molecule has 0 atom stereocenters. The van der Waals surface area contributed by atoms with Gasteiger partial charge in [-0.2, -0.15) is 11.8 Å². The van der Waals surface area contributed by atoms with Gasteiger partial charge < -0.3 is 11.1 Å². The number of thioether (sulfide) groups is 1. The van der Waals surface area contributed by atoms with Crippen LogP contribution >= 0.6 is 11.8 Å². The molecule has 1 saturated carbocycles. The summed E-state index contributed by atoms with van der Waals surface area (Å²) in [6.07, 6.45) is 6.33. The summed E-state index contributed by atoms with van der Waals surface area (Å²) in [6.45, 7) is 1.26. The van der Waals surface area contributed by atoms with Crippen molar-refractivity contribution in [3.8, 4) is 0 Å². The van der Waals surface area contributed by atoms with Crippen LogP contribution in [0, 0.1) is 0 Å². The lowest BCUT2D eigenvalue weighted by molar-refractivity contribution is -0.121. The maximum atomic E-state index is 11.1. The monoisotopic (exact) mass is 202 g/mol. The Hall–Kier alpha value is -0.220. The third kappa shape index (κ3) is 2.88. The van der Waals surface area contributed by atoms with Crippen LogP contribution in [0.2, 0.25) is 0 Å². The quantitative estimate of drug-likeness (QED) is 0.691. The van der Waals surface area contributed by atoms with Gasteiger partial charge in [-0.05, 0) is 19.1 Å². The first kappa shape index (κ1) is 10.9. The van der Waals surface area contributed by atoms with Gasteiger partial charge in [0.2, 0.25) is 5.91 Å². The maximum absolute atomic E-state index is 11.1. The second kappa shape index (κ2) is 4.86. The van der Waals surface area contributed by atoms with E-state index >= 15 is 0 Å². The molecule has 0 spiro atoms. The topological polar surface area (TPSA) is 55.1 Å². The minimum absolute atomic E-state index is 0.0859. The Bertz CT molecular complexity index is 175. The van der Waals surface area contributed by atoms with Crippen LogP contribution in [0.1, 0.15) is 25.7 Å². The average molecular weight is 202 g/mol. The minimum atomic E-state index is 0.0859. The van der Waals surface area contributed by atoms with Crippen molar-refractivity contribution in [2.75, 3.05) is 19.3 Å². The van der Waals surface area contributed by atoms with E-state index in [1.54, 1.807) is 0 Å². The maximum Gasteiger partial charge on any atom is 0.221 e. The molecule has 3 N–H and O–H groups in total. The molecule has 0 unspecified atom stereocenters. The van der Waals surface area contributed by atoms with Crippen molar-refractivity contribution in [1.29, 1.82) is 0 Å². The normalized spacial score (nSPS) is 19.2. The molecule has 1 rings (SSSR count). The molecule has 0 bridgehead atoms. The van der Waals surface area contributed by atoms with Crippen molar-refractivity contribution >= 4 is 17.7 Å². The summed E-state index contributed by atoms with van der Waals surface area (Å²) in [7, 11) is 0. The predicted octanol–water partition coefficient (Wildman–Crippen LogP) is 0.737. The number of hydrogen-bond acceptors (Lipinski definition) is 3. The largest absolute Gasteiger partial charge is 0.355 e. The van der Waals surface area contributed by atoms with Crippen molar-refractivity contribution in [1.82, 2.24) is 5.32 Å². The molecule has 4 heteroatoms. The summed E-state index contributed by atoms with van der Waals surface area (Å²) in [5.74, 6) is 0.0859. The molecule has 0 aliphatic heterocycles. The van der Waals surface area contributed by atoms with Gasteiger partial charge >= 0.3 is 0 Å². The Kier molecular flexibility index (Phi) is 4.06. The van der Waals surface area contributed by atoms with E-state index in [0.717, 1.165) is 6.54 Å². The summed E-state index contributed by atoms with van der Waals surface area (Å²) in [5, 5.41) is 2.94. The van der Waals surface area contributed by atoms with Gasteiger partial charge in [0.15, 0.2) is 0 Å². The van der Waals surface area contributed by atoms with E-state index in [4.69, 9.17) is 5.73 Å². The van der Waals surface area contributed by atoms with Crippen molar-refractivity contribution in [3.05, 3.63) is 0 Å². The first-order valence-corrected chi connectivity index (χ1v) is 5.97. The van der Waals surface area contributed by atoms with Gasteiger partial charge in [-0.3, -0.25) is 4.79 Å². The molecular weight excluding hydrogens is 184 g/mol. The van der Waals surface area contributed by atoms with Crippen LogP contribution in [-0.2, 0) is 4.79 Å². The number of carbonyl (C=O) groups excluding carboxylic acids is 1. The first-order valence-electron chi connectivity index (χ1n) is 4.74. The fourth-order valence-electron chi connectivity index (χ4n) is 1.50. The summed E-state index contributed by atoms with van der Waals surface area (Å²) < 4.78 is 0.338. The SMILES string of the molecule is CSC1(CNC(=O)CCN)CCC1. The van der Waals surface area contributed by atoms with Crippen molar-refractivity contribution in [2.24, 2.45) is 5.73 Å². The second-order valence-corrected chi connectivity index (χ2v) is 4.83. The lowest BCUT2D eigenvalue weighted by Gasteiger charge is -2.40. The van der Waals surface area contributed by atoms with Gasteiger partial charge in [0.05, 0.1) is 0 Å². The smallest absolute Gasteiger partial charge is 0.221 e. The number of rotatable bonds is 5. The Labute approximate surface area is 83.8 Å². The van der Waals surface area contributed by atoms with Gasteiger partial charge in [-0.1, -0.05) is 6.42 Å². The Morgan fingerprint density at radius 3 is 2.69 bits per heavy atom. The van der Waals surface area contributed by atoms with Crippen LogP contribution < -0.4 is 11.1 Å². The zero-order valence-electron chi connectivity index (χ0n) is 8.14. The molecule has 0 aromatic carbocycles. The van der Waals surface area contributed by atoms with Crippen LogP contribution in [0.5, 0.6) is 0 Å². The second-order valence-electron chi connectivity index (χ2n) is 3.56. The van der Waals surface area contributed by atoms with Gasteiger partial charge in [-0.25, -0.2) is 0 Å². The molecule has 0 heterocycles. The molecule has 0 aromatic heterocycles. The molecule has 3 nitrogen and oxygen atoms in total. The Morgan fingerprint density at radius 2 is 2.31 bits per heavy atom. The molecule has 0 saturated heterocycles. The molecular formula is C9H18N2OS. The molecule has 13 heavy (non-hydrogen) atoms. The van der Waals surface area contributed by atoms with Gasteiger partial charge in [0.25, 0.3) is 0 Å². The van der Waals surface area contributed by atoms with Crippen LogP contribution in [0.25, 0.3) is 0 Å². The van der Waals surface area contributed by atoms with Crippen LogP contribution in [-0.4, -0.2) is 30.0 Å². The van der Waals surface area contributed by atoms with Crippen molar-refractivity contribution in [2.45, 2.75) is 30.4 Å². The number of nitrogens with two attached hydrogens (primary N) is 1. The van der Waals surface area contributed by atoms with E-state index in [-0.39, 0.29) is 5.91 Å². The summed E-state index contributed by atoms with van der Waals surface area (Å²) in [4.78, 5) is 11.1. The molecule has 76 valence electrons. The Morgan fingerprint density at radius 1 is 1.62 bits per heavy atom. The molecule has 1 aliphatic carbocycles. The van der Waals surface area contributed by atoms with E-state index < -0.39 is 0 Å². The highest BCUT2D eigenvalue weighted by molar-refractivity contribution is 8.00. The molecule has 0 aromatic rings. The summed E-state index contributed by atoms with van der Waals surface area (Å²) in [6, 6.07) is 0. The minimum Gasteiger partial charge on any atom is -0.355 e. The van der Waals surface area contributed by atoms with Gasteiger partial charge in [0, 0.05) is 24.3 Å². The highest BCUT2D eigenvalue weighted by Gasteiger charge is 2.36. The number of carbonyl (C=O) groups is 1.